The third kappa shape index (κ3) is 5.78. The normalized spacial score (nSPS) is 15.5. The molecule has 1 aliphatic carbocycles. The standard InChI is InChI=1S/C33H34N8O5/c1-18-20-8-9-23(22(20)7-6-21(18)32(44)46-33(2,3)4)39-31(43)26-14-24(38-29-11-12-37-41(26)29)30(42)36-15-19-5-10-27-25(13-19)40(17-34)28(35)16-45-27/h5-7,10-14,17,23,34-35H,8-9,15-16H2,1-4H3,(H,36,42)(H,39,43)/t23-/m0/s1. The van der Waals surface area contributed by atoms with Gasteiger partial charge >= 0.3 is 5.97 Å². The number of nitrogens with zero attached hydrogens (tertiary/aromatic N) is 4. The van der Waals surface area contributed by atoms with Gasteiger partial charge in [-0.25, -0.2) is 14.3 Å². The summed E-state index contributed by atoms with van der Waals surface area (Å²) in [4.78, 5) is 45.5. The minimum Gasteiger partial charge on any atom is -0.483 e. The van der Waals surface area contributed by atoms with Crippen LogP contribution >= 0.6 is 0 Å². The number of carbonyl (C=O) groups is 3. The molecule has 0 saturated carbocycles. The Balaban J connectivity index is 1.19. The number of esters is 1. The van der Waals surface area contributed by atoms with E-state index in [0.717, 1.165) is 28.6 Å². The number of nitrogens with one attached hydrogen (secondary N) is 4. The molecule has 13 heteroatoms. The summed E-state index contributed by atoms with van der Waals surface area (Å²) in [6.07, 6.45) is 3.91. The van der Waals surface area contributed by atoms with Crippen molar-refractivity contribution in [2.45, 2.75) is 58.7 Å². The highest BCUT2D eigenvalue weighted by Crippen LogP contribution is 2.36. The van der Waals surface area contributed by atoms with Crippen LogP contribution in [0.3, 0.4) is 0 Å². The average Bonchev–Trinajstić information content (AvgIpc) is 3.66. The topological polar surface area (TPSA) is 175 Å². The zero-order valence-electron chi connectivity index (χ0n) is 25.9. The van der Waals surface area contributed by atoms with Crippen molar-refractivity contribution in [1.82, 2.24) is 25.2 Å². The molecule has 13 nitrogen and oxygen atoms in total. The van der Waals surface area contributed by atoms with Crippen LogP contribution in [0.25, 0.3) is 5.65 Å². The molecular weight excluding hydrogens is 588 g/mol. The van der Waals surface area contributed by atoms with Crippen LogP contribution in [0.4, 0.5) is 5.69 Å². The summed E-state index contributed by atoms with van der Waals surface area (Å²) in [5.74, 6) is -0.602. The first-order valence-corrected chi connectivity index (χ1v) is 14.9. The first kappa shape index (κ1) is 30.4. The van der Waals surface area contributed by atoms with Gasteiger partial charge in [0.2, 0.25) is 0 Å². The minimum absolute atomic E-state index is 0.0482. The van der Waals surface area contributed by atoms with Gasteiger partial charge in [0.15, 0.2) is 5.65 Å². The maximum absolute atomic E-state index is 13.7. The van der Waals surface area contributed by atoms with Gasteiger partial charge in [0.1, 0.15) is 35.2 Å². The number of fused-ring (bicyclic) bond motifs is 3. The highest BCUT2D eigenvalue weighted by atomic mass is 16.6. The second kappa shape index (κ2) is 11.7. The van der Waals surface area contributed by atoms with Crippen LogP contribution in [0.15, 0.2) is 48.7 Å². The van der Waals surface area contributed by atoms with Gasteiger partial charge in [-0.2, -0.15) is 5.10 Å². The van der Waals surface area contributed by atoms with Crippen molar-refractivity contribution in [3.05, 3.63) is 87.9 Å². The monoisotopic (exact) mass is 622 g/mol. The van der Waals surface area contributed by atoms with E-state index in [1.54, 1.807) is 30.3 Å². The fraction of sp³-hybridized carbons (Fsp3) is 0.303. The predicted octanol–water partition coefficient (Wildman–Crippen LogP) is 4.12. The quantitative estimate of drug-likeness (QED) is 0.135. The summed E-state index contributed by atoms with van der Waals surface area (Å²) in [7, 11) is 0. The Labute approximate surface area is 264 Å². The molecule has 4 N–H and O–H groups in total. The molecule has 2 amide bonds. The zero-order valence-corrected chi connectivity index (χ0v) is 25.9. The number of ether oxygens (including phenoxy) is 2. The summed E-state index contributed by atoms with van der Waals surface area (Å²) >= 11 is 0. The third-order valence-corrected chi connectivity index (χ3v) is 7.96. The second-order valence-electron chi connectivity index (χ2n) is 12.2. The van der Waals surface area contributed by atoms with E-state index in [2.05, 4.69) is 20.7 Å². The zero-order chi connectivity index (χ0) is 32.7. The summed E-state index contributed by atoms with van der Waals surface area (Å²) in [6, 6.07) is 11.6. The van der Waals surface area contributed by atoms with Crippen molar-refractivity contribution in [2.75, 3.05) is 11.5 Å². The maximum Gasteiger partial charge on any atom is 0.338 e. The van der Waals surface area contributed by atoms with Gasteiger partial charge in [-0.3, -0.25) is 25.3 Å². The van der Waals surface area contributed by atoms with E-state index in [9.17, 15) is 14.4 Å². The fourth-order valence-electron chi connectivity index (χ4n) is 5.77. The number of amides is 2. The van der Waals surface area contributed by atoms with Crippen LogP contribution in [-0.4, -0.2) is 56.8 Å². The predicted molar refractivity (Wildman–Crippen MR) is 170 cm³/mol. The molecule has 0 unspecified atom stereocenters. The van der Waals surface area contributed by atoms with Gasteiger partial charge in [0.05, 0.1) is 29.8 Å². The molecule has 2 aliphatic rings. The van der Waals surface area contributed by atoms with Crippen molar-refractivity contribution in [3.63, 3.8) is 0 Å². The molecule has 46 heavy (non-hydrogen) atoms. The largest absolute Gasteiger partial charge is 0.483 e. The van der Waals surface area contributed by atoms with Crippen molar-refractivity contribution >= 4 is 41.3 Å². The molecule has 2 aromatic carbocycles. The molecule has 3 heterocycles. The van der Waals surface area contributed by atoms with Crippen LogP contribution < -0.4 is 20.3 Å². The average molecular weight is 623 g/mol. The number of benzene rings is 2. The number of amidine groups is 1. The van der Waals surface area contributed by atoms with E-state index < -0.39 is 17.4 Å². The van der Waals surface area contributed by atoms with E-state index >= 15 is 0 Å². The first-order valence-electron chi connectivity index (χ1n) is 14.9. The summed E-state index contributed by atoms with van der Waals surface area (Å²) in [6.45, 7) is 7.60. The molecule has 0 fully saturated rings. The highest BCUT2D eigenvalue weighted by molar-refractivity contribution is 6.12. The number of carbonyl (C=O) groups excluding carboxylic acids is 3. The smallest absolute Gasteiger partial charge is 0.338 e. The lowest BCUT2D eigenvalue weighted by atomic mass is 9.97. The Kier molecular flexibility index (Phi) is 7.76. The minimum atomic E-state index is -0.608. The lowest BCUT2D eigenvalue weighted by molar-refractivity contribution is 0.00683. The Morgan fingerprint density at radius 3 is 2.70 bits per heavy atom. The van der Waals surface area contributed by atoms with Gasteiger partial charge in [-0.05, 0) is 81.0 Å². The van der Waals surface area contributed by atoms with Crippen molar-refractivity contribution in [3.8, 4) is 5.75 Å². The van der Waals surface area contributed by atoms with E-state index in [0.29, 0.717) is 35.5 Å². The number of aromatic nitrogens is 3. The van der Waals surface area contributed by atoms with E-state index in [1.165, 1.54) is 21.7 Å². The van der Waals surface area contributed by atoms with E-state index in [-0.39, 0.29) is 42.4 Å². The first-order chi connectivity index (χ1) is 21.9. The highest BCUT2D eigenvalue weighted by Gasteiger charge is 2.30. The van der Waals surface area contributed by atoms with Crippen LogP contribution in [0, 0.1) is 17.7 Å². The Morgan fingerprint density at radius 2 is 1.93 bits per heavy atom. The van der Waals surface area contributed by atoms with Crippen molar-refractivity contribution in [2.24, 2.45) is 0 Å². The Bertz CT molecular complexity index is 1930. The number of hydrogen-bond donors (Lipinski definition) is 4. The fourth-order valence-corrected chi connectivity index (χ4v) is 5.77. The molecule has 0 saturated heterocycles. The molecule has 1 aliphatic heterocycles. The number of hydrogen-bond acceptors (Lipinski definition) is 9. The van der Waals surface area contributed by atoms with E-state index in [4.69, 9.17) is 20.3 Å². The molecule has 1 atom stereocenters. The lowest BCUT2D eigenvalue weighted by Gasteiger charge is -2.28. The van der Waals surface area contributed by atoms with Crippen LogP contribution in [0.5, 0.6) is 5.75 Å². The van der Waals surface area contributed by atoms with Gasteiger partial charge in [-0.1, -0.05) is 12.1 Å². The third-order valence-electron chi connectivity index (χ3n) is 7.96. The van der Waals surface area contributed by atoms with Gasteiger partial charge in [-0.15, -0.1) is 0 Å². The van der Waals surface area contributed by atoms with E-state index in [1.807, 2.05) is 33.8 Å². The lowest BCUT2D eigenvalue weighted by Crippen LogP contribution is -2.37. The van der Waals surface area contributed by atoms with Crippen molar-refractivity contribution < 1.29 is 23.9 Å². The molecule has 4 aromatic rings. The molecule has 0 spiro atoms. The number of anilines is 1. The maximum atomic E-state index is 13.7. The molecule has 236 valence electrons. The van der Waals surface area contributed by atoms with Crippen LogP contribution in [-0.2, 0) is 17.7 Å². The van der Waals surface area contributed by atoms with Gasteiger partial charge < -0.3 is 20.1 Å². The molecule has 0 bridgehead atoms. The second-order valence-corrected chi connectivity index (χ2v) is 12.2. The Hall–Kier alpha value is -5.59. The summed E-state index contributed by atoms with van der Waals surface area (Å²) in [5.41, 5.74) is 4.52. The summed E-state index contributed by atoms with van der Waals surface area (Å²) in [5, 5.41) is 25.8. The number of rotatable bonds is 7. The van der Waals surface area contributed by atoms with Crippen LogP contribution in [0.1, 0.15) is 86.8 Å². The van der Waals surface area contributed by atoms with Crippen molar-refractivity contribution in [1.29, 1.82) is 10.8 Å². The summed E-state index contributed by atoms with van der Waals surface area (Å²) < 4.78 is 12.5. The molecule has 0 radical (unpaired) electrons. The SMILES string of the molecule is Cc1c(C(=O)OC(C)(C)C)ccc2c1CC[C@@H]2NC(=O)c1cc(C(=O)NCc2ccc3c(c2)N(C=N)C(=N)CO3)nc2ccnn12. The molecular formula is C33H34N8O5. The van der Waals surface area contributed by atoms with Gasteiger partial charge in [0.25, 0.3) is 11.8 Å². The van der Waals surface area contributed by atoms with Gasteiger partial charge in [0, 0.05) is 18.7 Å². The molecule has 6 rings (SSSR count). The molecule has 2 aromatic heterocycles. The van der Waals surface area contributed by atoms with Crippen LogP contribution in [0.2, 0.25) is 0 Å². The Morgan fingerprint density at radius 1 is 1.13 bits per heavy atom.